The molecule has 0 saturated carbocycles. The van der Waals surface area contributed by atoms with Crippen molar-refractivity contribution in [3.8, 4) is 0 Å². The SMILES string of the molecule is CCCC(CCBr)CNC(=O)c1cc(CC)nn1C. The fourth-order valence-corrected chi connectivity index (χ4v) is 2.80. The second-order valence-electron chi connectivity index (χ2n) is 4.84. The number of alkyl halides is 1. The Labute approximate surface area is 124 Å². The summed E-state index contributed by atoms with van der Waals surface area (Å²) in [7, 11) is 1.82. The molecule has 1 aromatic heterocycles. The van der Waals surface area contributed by atoms with Gasteiger partial charge in [0.1, 0.15) is 5.69 Å². The highest BCUT2D eigenvalue weighted by Gasteiger charge is 2.14. The number of carbonyl (C=O) groups is 1. The molecule has 1 unspecified atom stereocenters. The fourth-order valence-electron chi connectivity index (χ4n) is 2.15. The number of nitrogens with one attached hydrogen (secondary N) is 1. The van der Waals surface area contributed by atoms with Crippen LogP contribution in [0.2, 0.25) is 0 Å². The molecule has 0 aliphatic rings. The Balaban J connectivity index is 2.55. The summed E-state index contributed by atoms with van der Waals surface area (Å²) in [5.41, 5.74) is 1.60. The Kier molecular flexibility index (Phi) is 7.13. The minimum atomic E-state index is -0.0228. The number of halogens is 1. The van der Waals surface area contributed by atoms with E-state index >= 15 is 0 Å². The number of amides is 1. The lowest BCUT2D eigenvalue weighted by molar-refractivity contribution is 0.0936. The Morgan fingerprint density at radius 2 is 2.21 bits per heavy atom. The summed E-state index contributed by atoms with van der Waals surface area (Å²) >= 11 is 3.47. The molecule has 1 rings (SSSR count). The molecule has 0 saturated heterocycles. The van der Waals surface area contributed by atoms with E-state index in [4.69, 9.17) is 0 Å². The quantitative estimate of drug-likeness (QED) is 0.745. The standard InChI is InChI=1S/C14H24BrN3O/c1-4-6-11(7-8-15)10-16-14(19)13-9-12(5-2)17-18(13)3/h9,11H,4-8,10H2,1-3H3,(H,16,19). The third-order valence-corrected chi connectivity index (χ3v) is 3.75. The van der Waals surface area contributed by atoms with Crippen LogP contribution in [0.5, 0.6) is 0 Å². The van der Waals surface area contributed by atoms with Gasteiger partial charge in [-0.05, 0) is 31.2 Å². The number of aryl methyl sites for hydroxylation is 2. The van der Waals surface area contributed by atoms with E-state index in [1.807, 2.05) is 20.0 Å². The molecule has 0 fully saturated rings. The predicted molar refractivity (Wildman–Crippen MR) is 81.7 cm³/mol. The lowest BCUT2D eigenvalue weighted by atomic mass is 10.0. The predicted octanol–water partition coefficient (Wildman–Crippen LogP) is 2.91. The largest absolute Gasteiger partial charge is 0.350 e. The van der Waals surface area contributed by atoms with Gasteiger partial charge in [0.25, 0.3) is 5.91 Å². The van der Waals surface area contributed by atoms with Crippen molar-refractivity contribution < 1.29 is 4.79 Å². The van der Waals surface area contributed by atoms with Crippen molar-refractivity contribution in [3.05, 3.63) is 17.5 Å². The van der Waals surface area contributed by atoms with Crippen molar-refractivity contribution in [3.63, 3.8) is 0 Å². The van der Waals surface area contributed by atoms with E-state index < -0.39 is 0 Å². The highest BCUT2D eigenvalue weighted by atomic mass is 79.9. The summed E-state index contributed by atoms with van der Waals surface area (Å²) in [6.07, 6.45) is 4.25. The molecule has 0 aliphatic carbocycles. The molecule has 1 aromatic rings. The maximum Gasteiger partial charge on any atom is 0.269 e. The smallest absolute Gasteiger partial charge is 0.269 e. The average molecular weight is 330 g/mol. The number of nitrogens with zero attached hydrogens (tertiary/aromatic N) is 2. The van der Waals surface area contributed by atoms with E-state index in [0.717, 1.165) is 43.3 Å². The first-order chi connectivity index (χ1) is 9.12. The molecule has 0 bridgehead atoms. The number of hydrogen-bond acceptors (Lipinski definition) is 2. The summed E-state index contributed by atoms with van der Waals surface area (Å²) in [5, 5.41) is 8.31. The molecule has 1 amide bonds. The minimum Gasteiger partial charge on any atom is -0.350 e. The molecule has 0 radical (unpaired) electrons. The molecule has 5 heteroatoms. The van der Waals surface area contributed by atoms with Crippen molar-refractivity contribution >= 4 is 21.8 Å². The topological polar surface area (TPSA) is 46.9 Å². The van der Waals surface area contributed by atoms with Crippen molar-refractivity contribution in [2.24, 2.45) is 13.0 Å². The molecule has 1 heterocycles. The van der Waals surface area contributed by atoms with E-state index in [9.17, 15) is 4.79 Å². The van der Waals surface area contributed by atoms with E-state index in [2.05, 4.69) is 33.3 Å². The number of aromatic nitrogens is 2. The van der Waals surface area contributed by atoms with Crippen molar-refractivity contribution in [2.75, 3.05) is 11.9 Å². The van der Waals surface area contributed by atoms with Crippen LogP contribution in [-0.4, -0.2) is 27.6 Å². The van der Waals surface area contributed by atoms with E-state index in [1.54, 1.807) is 4.68 Å². The maximum atomic E-state index is 12.1. The van der Waals surface area contributed by atoms with Gasteiger partial charge in [-0.15, -0.1) is 0 Å². The van der Waals surface area contributed by atoms with Crippen molar-refractivity contribution in [1.82, 2.24) is 15.1 Å². The van der Waals surface area contributed by atoms with Crippen LogP contribution in [0.1, 0.15) is 49.3 Å². The molecule has 19 heavy (non-hydrogen) atoms. The van der Waals surface area contributed by atoms with Gasteiger partial charge >= 0.3 is 0 Å². The van der Waals surface area contributed by atoms with E-state index in [0.29, 0.717) is 11.6 Å². The first-order valence-corrected chi connectivity index (χ1v) is 8.11. The highest BCUT2D eigenvalue weighted by Crippen LogP contribution is 2.12. The summed E-state index contributed by atoms with van der Waals surface area (Å²) in [6, 6.07) is 1.87. The second-order valence-corrected chi connectivity index (χ2v) is 5.63. The maximum absolute atomic E-state index is 12.1. The van der Waals surface area contributed by atoms with Gasteiger partial charge in [0.15, 0.2) is 0 Å². The Hall–Kier alpha value is -0.840. The lowest BCUT2D eigenvalue weighted by Gasteiger charge is -2.15. The van der Waals surface area contributed by atoms with Crippen LogP contribution in [0.15, 0.2) is 6.07 Å². The molecule has 0 aliphatic heterocycles. The van der Waals surface area contributed by atoms with Gasteiger partial charge in [-0.1, -0.05) is 36.2 Å². The molecule has 0 aromatic carbocycles. The third-order valence-electron chi connectivity index (χ3n) is 3.29. The molecule has 1 atom stereocenters. The molecular formula is C14H24BrN3O. The van der Waals surface area contributed by atoms with Crippen LogP contribution in [0, 0.1) is 5.92 Å². The zero-order valence-corrected chi connectivity index (χ0v) is 13.7. The van der Waals surface area contributed by atoms with E-state index in [-0.39, 0.29) is 5.91 Å². The fraction of sp³-hybridized carbons (Fsp3) is 0.714. The van der Waals surface area contributed by atoms with Gasteiger partial charge in [0, 0.05) is 18.9 Å². The Morgan fingerprint density at radius 1 is 1.47 bits per heavy atom. The highest BCUT2D eigenvalue weighted by molar-refractivity contribution is 9.09. The summed E-state index contributed by atoms with van der Waals surface area (Å²) in [5.74, 6) is 0.526. The van der Waals surface area contributed by atoms with Crippen LogP contribution in [0.3, 0.4) is 0 Å². The third kappa shape index (κ3) is 4.97. The van der Waals surface area contributed by atoms with Gasteiger partial charge in [-0.3, -0.25) is 9.48 Å². The molecule has 4 nitrogen and oxygen atoms in total. The van der Waals surface area contributed by atoms with Gasteiger partial charge in [0.05, 0.1) is 5.69 Å². The number of carbonyl (C=O) groups excluding carboxylic acids is 1. The normalized spacial score (nSPS) is 12.4. The van der Waals surface area contributed by atoms with Crippen LogP contribution in [0.25, 0.3) is 0 Å². The number of hydrogen-bond donors (Lipinski definition) is 1. The minimum absolute atomic E-state index is 0.0228. The molecule has 0 spiro atoms. The van der Waals surface area contributed by atoms with Crippen LogP contribution in [-0.2, 0) is 13.5 Å². The van der Waals surface area contributed by atoms with Crippen LogP contribution >= 0.6 is 15.9 Å². The molecular weight excluding hydrogens is 306 g/mol. The second kappa shape index (κ2) is 8.35. The van der Waals surface area contributed by atoms with E-state index in [1.165, 1.54) is 0 Å². The van der Waals surface area contributed by atoms with Crippen molar-refractivity contribution in [1.29, 1.82) is 0 Å². The first-order valence-electron chi connectivity index (χ1n) is 6.99. The Bertz CT molecular complexity index is 397. The first kappa shape index (κ1) is 16.2. The van der Waals surface area contributed by atoms with Gasteiger partial charge in [-0.25, -0.2) is 0 Å². The average Bonchev–Trinajstić information content (AvgIpc) is 2.77. The zero-order chi connectivity index (χ0) is 14.3. The number of rotatable bonds is 8. The van der Waals surface area contributed by atoms with Crippen molar-refractivity contribution in [2.45, 2.75) is 39.5 Å². The summed E-state index contributed by atoms with van der Waals surface area (Å²) < 4.78 is 1.66. The summed E-state index contributed by atoms with van der Waals surface area (Å²) in [4.78, 5) is 12.1. The van der Waals surface area contributed by atoms with Gasteiger partial charge in [-0.2, -0.15) is 5.10 Å². The Morgan fingerprint density at radius 3 is 2.74 bits per heavy atom. The molecule has 1 N–H and O–H groups in total. The summed E-state index contributed by atoms with van der Waals surface area (Å²) in [6.45, 7) is 4.96. The zero-order valence-electron chi connectivity index (χ0n) is 12.1. The van der Waals surface area contributed by atoms with Crippen LogP contribution in [0.4, 0.5) is 0 Å². The molecule has 108 valence electrons. The van der Waals surface area contributed by atoms with Crippen LogP contribution < -0.4 is 5.32 Å². The van der Waals surface area contributed by atoms with Gasteiger partial charge in [0.2, 0.25) is 0 Å². The monoisotopic (exact) mass is 329 g/mol. The van der Waals surface area contributed by atoms with Gasteiger partial charge < -0.3 is 5.32 Å². The lowest BCUT2D eigenvalue weighted by Crippen LogP contribution is -2.30.